The SMILES string of the molecule is O=C(O)NCc1cc(O)ccc1N1CCCC1=O. The summed E-state index contributed by atoms with van der Waals surface area (Å²) in [5, 5.41) is 20.3. The fraction of sp³-hybridized carbons (Fsp3) is 0.333. The van der Waals surface area contributed by atoms with E-state index in [1.807, 2.05) is 0 Å². The number of nitrogens with zero attached hydrogens (tertiary/aromatic N) is 1. The number of hydrogen-bond acceptors (Lipinski definition) is 3. The van der Waals surface area contributed by atoms with Crippen LogP contribution in [0.25, 0.3) is 0 Å². The van der Waals surface area contributed by atoms with E-state index in [1.165, 1.54) is 12.1 Å². The van der Waals surface area contributed by atoms with Gasteiger partial charge in [0, 0.05) is 25.2 Å². The first-order valence-corrected chi connectivity index (χ1v) is 5.67. The van der Waals surface area contributed by atoms with Crippen LogP contribution in [0.3, 0.4) is 0 Å². The molecule has 18 heavy (non-hydrogen) atoms. The van der Waals surface area contributed by atoms with E-state index in [9.17, 15) is 14.7 Å². The van der Waals surface area contributed by atoms with Gasteiger partial charge in [-0.25, -0.2) is 4.79 Å². The molecule has 6 heteroatoms. The zero-order chi connectivity index (χ0) is 13.1. The Morgan fingerprint density at radius 1 is 1.44 bits per heavy atom. The lowest BCUT2D eigenvalue weighted by Gasteiger charge is -2.19. The van der Waals surface area contributed by atoms with Gasteiger partial charge in [0.15, 0.2) is 0 Å². The van der Waals surface area contributed by atoms with Crippen LogP contribution < -0.4 is 10.2 Å². The van der Waals surface area contributed by atoms with Crippen molar-refractivity contribution in [3.05, 3.63) is 23.8 Å². The number of nitrogens with one attached hydrogen (secondary N) is 1. The molecule has 0 radical (unpaired) electrons. The summed E-state index contributed by atoms with van der Waals surface area (Å²) in [6, 6.07) is 4.60. The number of amides is 2. The molecule has 1 aromatic carbocycles. The van der Waals surface area contributed by atoms with E-state index in [-0.39, 0.29) is 18.2 Å². The van der Waals surface area contributed by atoms with Gasteiger partial charge in [-0.1, -0.05) is 0 Å². The molecule has 3 N–H and O–H groups in total. The number of carboxylic acid groups (broad SMARTS) is 1. The minimum absolute atomic E-state index is 0.0252. The second kappa shape index (κ2) is 4.95. The molecule has 1 aromatic rings. The van der Waals surface area contributed by atoms with Crippen molar-refractivity contribution in [3.8, 4) is 5.75 Å². The van der Waals surface area contributed by atoms with Crippen LogP contribution in [-0.2, 0) is 11.3 Å². The van der Waals surface area contributed by atoms with E-state index >= 15 is 0 Å². The van der Waals surface area contributed by atoms with Crippen LogP contribution in [0.5, 0.6) is 5.75 Å². The Bertz CT molecular complexity index is 487. The van der Waals surface area contributed by atoms with Crippen LogP contribution in [0.4, 0.5) is 10.5 Å². The Morgan fingerprint density at radius 2 is 2.22 bits per heavy atom. The van der Waals surface area contributed by atoms with Crippen LogP contribution in [0.15, 0.2) is 18.2 Å². The second-order valence-corrected chi connectivity index (χ2v) is 4.12. The average Bonchev–Trinajstić information content (AvgIpc) is 2.73. The summed E-state index contributed by atoms with van der Waals surface area (Å²) >= 11 is 0. The second-order valence-electron chi connectivity index (χ2n) is 4.12. The van der Waals surface area contributed by atoms with Crippen molar-refractivity contribution in [2.24, 2.45) is 0 Å². The molecule has 1 heterocycles. The van der Waals surface area contributed by atoms with Crippen LogP contribution in [0.2, 0.25) is 0 Å². The Kier molecular flexibility index (Phi) is 3.36. The van der Waals surface area contributed by atoms with Crippen molar-refractivity contribution < 1.29 is 19.8 Å². The molecular weight excluding hydrogens is 236 g/mol. The predicted molar refractivity (Wildman–Crippen MR) is 64.6 cm³/mol. The van der Waals surface area contributed by atoms with E-state index in [2.05, 4.69) is 5.32 Å². The van der Waals surface area contributed by atoms with Crippen molar-refractivity contribution in [1.82, 2.24) is 5.32 Å². The first kappa shape index (κ1) is 12.2. The van der Waals surface area contributed by atoms with Crippen molar-refractivity contribution in [2.75, 3.05) is 11.4 Å². The molecule has 0 spiro atoms. The van der Waals surface area contributed by atoms with Gasteiger partial charge in [-0.15, -0.1) is 0 Å². The Labute approximate surface area is 104 Å². The maximum Gasteiger partial charge on any atom is 0.404 e. The summed E-state index contributed by atoms with van der Waals surface area (Å²) in [5.41, 5.74) is 1.25. The molecule has 0 unspecified atom stereocenters. The highest BCUT2D eigenvalue weighted by Crippen LogP contribution is 2.28. The molecule has 0 aromatic heterocycles. The predicted octanol–water partition coefficient (Wildman–Crippen LogP) is 1.29. The molecule has 6 nitrogen and oxygen atoms in total. The van der Waals surface area contributed by atoms with Gasteiger partial charge in [-0.05, 0) is 30.2 Å². The third kappa shape index (κ3) is 2.53. The molecule has 1 saturated heterocycles. The van der Waals surface area contributed by atoms with Crippen LogP contribution in [-0.4, -0.2) is 28.8 Å². The van der Waals surface area contributed by atoms with Crippen molar-refractivity contribution >= 4 is 17.7 Å². The topological polar surface area (TPSA) is 89.9 Å². The van der Waals surface area contributed by atoms with Crippen molar-refractivity contribution in [2.45, 2.75) is 19.4 Å². The minimum Gasteiger partial charge on any atom is -0.508 e. The highest BCUT2D eigenvalue weighted by Gasteiger charge is 2.23. The highest BCUT2D eigenvalue weighted by atomic mass is 16.4. The summed E-state index contributed by atoms with van der Waals surface area (Å²) in [6.45, 7) is 0.687. The van der Waals surface area contributed by atoms with E-state index in [1.54, 1.807) is 11.0 Å². The van der Waals surface area contributed by atoms with Gasteiger partial charge >= 0.3 is 6.09 Å². The standard InChI is InChI=1S/C12H14N2O4/c15-9-3-4-10(14-5-1-2-11(14)16)8(6-9)7-13-12(17)18/h3-4,6,13,15H,1-2,5,7H2,(H,17,18). The minimum atomic E-state index is -1.14. The molecular formula is C12H14N2O4. The lowest BCUT2D eigenvalue weighted by Crippen LogP contribution is -2.27. The summed E-state index contributed by atoms with van der Waals surface area (Å²) in [7, 11) is 0. The molecule has 96 valence electrons. The summed E-state index contributed by atoms with van der Waals surface area (Å²) in [4.78, 5) is 23.8. The number of carbonyl (C=O) groups is 2. The van der Waals surface area contributed by atoms with Gasteiger partial charge in [-0.3, -0.25) is 4.79 Å². The van der Waals surface area contributed by atoms with Gasteiger partial charge in [0.05, 0.1) is 0 Å². The maximum atomic E-state index is 11.7. The average molecular weight is 250 g/mol. The van der Waals surface area contributed by atoms with Crippen molar-refractivity contribution in [1.29, 1.82) is 0 Å². The van der Waals surface area contributed by atoms with Crippen molar-refractivity contribution in [3.63, 3.8) is 0 Å². The van der Waals surface area contributed by atoms with Gasteiger partial charge < -0.3 is 20.4 Å². The summed E-state index contributed by atoms with van der Waals surface area (Å²) in [5.74, 6) is 0.0739. The first-order chi connectivity index (χ1) is 8.58. The molecule has 0 atom stereocenters. The fourth-order valence-corrected chi connectivity index (χ4v) is 2.05. The van der Waals surface area contributed by atoms with E-state index in [4.69, 9.17) is 5.11 Å². The molecule has 0 aliphatic carbocycles. The Balaban J connectivity index is 2.27. The van der Waals surface area contributed by atoms with Crippen LogP contribution >= 0.6 is 0 Å². The molecule has 1 fully saturated rings. The zero-order valence-corrected chi connectivity index (χ0v) is 9.72. The molecule has 0 bridgehead atoms. The number of benzene rings is 1. The number of anilines is 1. The van der Waals surface area contributed by atoms with Gasteiger partial charge in [-0.2, -0.15) is 0 Å². The van der Waals surface area contributed by atoms with Gasteiger partial charge in [0.25, 0.3) is 0 Å². The third-order valence-corrected chi connectivity index (χ3v) is 2.86. The lowest BCUT2D eigenvalue weighted by atomic mass is 10.1. The maximum absolute atomic E-state index is 11.7. The number of hydrogen-bond donors (Lipinski definition) is 3. The Morgan fingerprint density at radius 3 is 2.83 bits per heavy atom. The number of rotatable bonds is 3. The smallest absolute Gasteiger partial charge is 0.404 e. The fourth-order valence-electron chi connectivity index (χ4n) is 2.05. The number of phenols is 1. The molecule has 1 aliphatic rings. The zero-order valence-electron chi connectivity index (χ0n) is 9.72. The number of carbonyl (C=O) groups excluding carboxylic acids is 1. The molecule has 2 rings (SSSR count). The van der Waals surface area contributed by atoms with Gasteiger partial charge in [0.2, 0.25) is 5.91 Å². The monoisotopic (exact) mass is 250 g/mol. The van der Waals surface area contributed by atoms with Crippen LogP contribution in [0, 0.1) is 0 Å². The molecule has 0 saturated carbocycles. The number of aromatic hydroxyl groups is 1. The summed E-state index contributed by atoms with van der Waals surface area (Å²) in [6.07, 6.45) is 0.162. The largest absolute Gasteiger partial charge is 0.508 e. The quantitative estimate of drug-likeness (QED) is 0.754. The highest BCUT2D eigenvalue weighted by molar-refractivity contribution is 5.96. The molecule has 2 amide bonds. The van der Waals surface area contributed by atoms with Crippen LogP contribution in [0.1, 0.15) is 18.4 Å². The summed E-state index contributed by atoms with van der Waals surface area (Å²) < 4.78 is 0. The van der Waals surface area contributed by atoms with E-state index in [0.29, 0.717) is 24.2 Å². The number of phenolic OH excluding ortho intramolecular Hbond substituents is 1. The lowest BCUT2D eigenvalue weighted by molar-refractivity contribution is -0.117. The normalized spacial score (nSPS) is 14.9. The van der Waals surface area contributed by atoms with E-state index in [0.717, 1.165) is 6.42 Å². The van der Waals surface area contributed by atoms with E-state index < -0.39 is 6.09 Å². The molecule has 1 aliphatic heterocycles. The Hall–Kier alpha value is -2.24. The third-order valence-electron chi connectivity index (χ3n) is 2.86. The first-order valence-electron chi connectivity index (χ1n) is 5.67. The van der Waals surface area contributed by atoms with Gasteiger partial charge in [0.1, 0.15) is 5.75 Å².